The number of hydrogen-bond acceptors (Lipinski definition) is 3. The molecule has 2 amide bonds. The van der Waals surface area contributed by atoms with E-state index in [9.17, 15) is 14.4 Å². The number of likely N-dealkylation sites (tertiary alicyclic amines) is 1. The molecular weight excluding hydrogens is 368 g/mol. The van der Waals surface area contributed by atoms with Crippen molar-refractivity contribution in [2.24, 2.45) is 5.92 Å². The van der Waals surface area contributed by atoms with Gasteiger partial charge in [-0.2, -0.15) is 0 Å². The molecule has 1 unspecified atom stereocenters. The van der Waals surface area contributed by atoms with Crippen molar-refractivity contribution in [1.29, 1.82) is 0 Å². The van der Waals surface area contributed by atoms with Crippen LogP contribution in [0.25, 0.3) is 0 Å². The Kier molecular flexibility index (Phi) is 6.65. The van der Waals surface area contributed by atoms with Gasteiger partial charge in [0.05, 0.1) is 0 Å². The Morgan fingerprint density at radius 1 is 1.07 bits per heavy atom. The lowest BCUT2D eigenvalue weighted by atomic mass is 9.93. The highest BCUT2D eigenvalue weighted by Gasteiger charge is 2.25. The molecule has 0 spiro atoms. The molecule has 2 aromatic rings. The van der Waals surface area contributed by atoms with Crippen LogP contribution in [0.1, 0.15) is 46.4 Å². The quantitative estimate of drug-likeness (QED) is 0.811. The van der Waals surface area contributed by atoms with E-state index in [1.165, 1.54) is 0 Å². The molecule has 1 fully saturated rings. The Morgan fingerprint density at radius 2 is 1.79 bits per heavy atom. The van der Waals surface area contributed by atoms with Crippen molar-refractivity contribution in [2.75, 3.05) is 25.0 Å². The first kappa shape index (κ1) is 20.6. The molecule has 1 aliphatic heterocycles. The lowest BCUT2D eigenvalue weighted by molar-refractivity contribution is -0.137. The Morgan fingerprint density at radius 3 is 2.52 bits per heavy atom. The maximum Gasteiger partial charge on any atom is 0.303 e. The van der Waals surface area contributed by atoms with Crippen LogP contribution in [0.3, 0.4) is 0 Å². The van der Waals surface area contributed by atoms with Crippen molar-refractivity contribution in [3.05, 3.63) is 65.7 Å². The first-order valence-corrected chi connectivity index (χ1v) is 9.90. The minimum absolute atomic E-state index is 0.109. The minimum Gasteiger partial charge on any atom is -0.481 e. The molecule has 1 heterocycles. The van der Waals surface area contributed by atoms with Crippen LogP contribution in [0.15, 0.2) is 54.6 Å². The molecule has 0 radical (unpaired) electrons. The van der Waals surface area contributed by atoms with E-state index in [1.807, 2.05) is 30.3 Å². The monoisotopic (exact) mass is 394 g/mol. The number of aliphatic carboxylic acids is 1. The summed E-state index contributed by atoms with van der Waals surface area (Å²) in [4.78, 5) is 40.0. The number of carboxylic acids is 1. The number of piperidine rings is 1. The van der Waals surface area contributed by atoms with Gasteiger partial charge in [0.15, 0.2) is 0 Å². The first-order valence-electron chi connectivity index (χ1n) is 9.90. The van der Waals surface area contributed by atoms with Crippen molar-refractivity contribution < 1.29 is 19.5 Å². The van der Waals surface area contributed by atoms with Gasteiger partial charge in [-0.3, -0.25) is 14.4 Å². The smallest absolute Gasteiger partial charge is 0.303 e. The third-order valence-electron chi connectivity index (χ3n) is 5.38. The number of carbonyl (C=O) groups is 3. The van der Waals surface area contributed by atoms with Crippen LogP contribution in [-0.2, 0) is 4.79 Å². The van der Waals surface area contributed by atoms with Crippen molar-refractivity contribution in [1.82, 2.24) is 4.90 Å². The first-order chi connectivity index (χ1) is 14.0. The molecule has 0 saturated carbocycles. The molecule has 152 valence electrons. The molecule has 3 rings (SSSR count). The minimum atomic E-state index is -0.804. The summed E-state index contributed by atoms with van der Waals surface area (Å²) in [6.45, 7) is 1.22. The normalized spacial score (nSPS) is 16.3. The van der Waals surface area contributed by atoms with E-state index < -0.39 is 5.97 Å². The Balaban J connectivity index is 1.70. The SMILES string of the molecule is CN(C(=O)c1cccc(C(=O)N2CCCC(CCC(=O)O)C2)c1)c1ccccc1. The number of nitrogens with zero attached hydrogens (tertiary/aromatic N) is 2. The van der Waals surface area contributed by atoms with Gasteiger partial charge in [-0.15, -0.1) is 0 Å². The summed E-state index contributed by atoms with van der Waals surface area (Å²) in [6, 6.07) is 16.2. The second-order valence-electron chi connectivity index (χ2n) is 7.47. The number of para-hydroxylation sites is 1. The molecule has 0 aliphatic carbocycles. The van der Waals surface area contributed by atoms with Gasteiger partial charge in [0.1, 0.15) is 0 Å². The summed E-state index contributed by atoms with van der Waals surface area (Å²) < 4.78 is 0. The summed E-state index contributed by atoms with van der Waals surface area (Å²) in [6.07, 6.45) is 2.52. The average molecular weight is 394 g/mol. The van der Waals surface area contributed by atoms with Crippen molar-refractivity contribution in [2.45, 2.75) is 25.7 Å². The van der Waals surface area contributed by atoms with Gasteiger partial charge in [-0.1, -0.05) is 24.3 Å². The molecule has 1 atom stereocenters. The lowest BCUT2D eigenvalue weighted by Crippen LogP contribution is -2.40. The zero-order chi connectivity index (χ0) is 20.8. The van der Waals surface area contributed by atoms with Crippen molar-refractivity contribution in [3.63, 3.8) is 0 Å². The fourth-order valence-electron chi connectivity index (χ4n) is 3.74. The molecule has 0 bridgehead atoms. The van der Waals surface area contributed by atoms with Crippen LogP contribution in [0.4, 0.5) is 5.69 Å². The predicted octanol–water partition coefficient (Wildman–Crippen LogP) is 3.68. The van der Waals surface area contributed by atoms with Gasteiger partial charge in [-0.05, 0) is 55.5 Å². The van der Waals surface area contributed by atoms with Crippen LogP contribution in [0.2, 0.25) is 0 Å². The largest absolute Gasteiger partial charge is 0.481 e. The van der Waals surface area contributed by atoms with Gasteiger partial charge < -0.3 is 14.9 Å². The molecule has 1 saturated heterocycles. The second-order valence-corrected chi connectivity index (χ2v) is 7.47. The number of benzene rings is 2. The van der Waals surface area contributed by atoms with E-state index in [4.69, 9.17) is 5.11 Å². The molecule has 29 heavy (non-hydrogen) atoms. The third-order valence-corrected chi connectivity index (χ3v) is 5.38. The fraction of sp³-hybridized carbons (Fsp3) is 0.348. The number of carboxylic acid groups (broad SMARTS) is 1. The number of amides is 2. The summed E-state index contributed by atoms with van der Waals surface area (Å²) in [7, 11) is 1.71. The van der Waals surface area contributed by atoms with Gasteiger partial charge in [-0.25, -0.2) is 0 Å². The van der Waals surface area contributed by atoms with Crippen LogP contribution in [0, 0.1) is 5.92 Å². The molecule has 2 aromatic carbocycles. The summed E-state index contributed by atoms with van der Waals surface area (Å²) in [5.41, 5.74) is 1.73. The van der Waals surface area contributed by atoms with Crippen LogP contribution >= 0.6 is 0 Å². The maximum atomic E-state index is 13.0. The Hall–Kier alpha value is -3.15. The molecule has 0 aromatic heterocycles. The summed E-state index contributed by atoms with van der Waals surface area (Å²) in [5.74, 6) is -0.883. The number of hydrogen-bond donors (Lipinski definition) is 1. The van der Waals surface area contributed by atoms with Crippen LogP contribution in [0.5, 0.6) is 0 Å². The van der Waals surface area contributed by atoms with E-state index in [2.05, 4.69) is 0 Å². The van der Waals surface area contributed by atoms with Gasteiger partial charge in [0.25, 0.3) is 11.8 Å². The van der Waals surface area contributed by atoms with Crippen LogP contribution < -0.4 is 4.90 Å². The number of anilines is 1. The predicted molar refractivity (Wildman–Crippen MR) is 111 cm³/mol. The molecular formula is C23H26N2O4. The van der Waals surface area contributed by atoms with Crippen molar-refractivity contribution in [3.8, 4) is 0 Å². The highest BCUT2D eigenvalue weighted by Crippen LogP contribution is 2.23. The number of carbonyl (C=O) groups excluding carboxylic acids is 2. The van der Waals surface area contributed by atoms with E-state index in [0.717, 1.165) is 18.5 Å². The Labute approximate surface area is 170 Å². The topological polar surface area (TPSA) is 77.9 Å². The zero-order valence-electron chi connectivity index (χ0n) is 16.6. The third kappa shape index (κ3) is 5.22. The molecule has 1 aliphatic rings. The highest BCUT2D eigenvalue weighted by atomic mass is 16.4. The van der Waals surface area contributed by atoms with Crippen molar-refractivity contribution >= 4 is 23.5 Å². The second kappa shape index (κ2) is 9.37. The van der Waals surface area contributed by atoms with Gasteiger partial charge >= 0.3 is 5.97 Å². The summed E-state index contributed by atoms with van der Waals surface area (Å²) >= 11 is 0. The van der Waals surface area contributed by atoms with E-state index >= 15 is 0 Å². The van der Waals surface area contributed by atoms with Crippen LogP contribution in [-0.4, -0.2) is 47.9 Å². The highest BCUT2D eigenvalue weighted by molar-refractivity contribution is 6.07. The lowest BCUT2D eigenvalue weighted by Gasteiger charge is -2.32. The molecule has 6 nitrogen and oxygen atoms in total. The van der Waals surface area contributed by atoms with Gasteiger partial charge in [0.2, 0.25) is 0 Å². The average Bonchev–Trinajstić information content (AvgIpc) is 2.77. The number of rotatable bonds is 6. The Bertz CT molecular complexity index is 881. The molecule has 1 N–H and O–H groups in total. The van der Waals surface area contributed by atoms with E-state index in [1.54, 1.807) is 41.1 Å². The van der Waals surface area contributed by atoms with Gasteiger partial charge in [0, 0.05) is 43.4 Å². The fourth-order valence-corrected chi connectivity index (χ4v) is 3.74. The maximum absolute atomic E-state index is 13.0. The van der Waals surface area contributed by atoms with E-state index in [-0.39, 0.29) is 24.2 Å². The molecule has 6 heteroatoms. The zero-order valence-corrected chi connectivity index (χ0v) is 16.6. The standard InChI is InChI=1S/C23H26N2O4/c1-24(20-10-3-2-4-11-20)22(28)18-8-5-9-19(15-18)23(29)25-14-6-7-17(16-25)12-13-21(26)27/h2-5,8-11,15,17H,6-7,12-14,16H2,1H3,(H,26,27). The summed E-state index contributed by atoms with van der Waals surface area (Å²) in [5, 5.41) is 8.89. The van der Waals surface area contributed by atoms with E-state index in [0.29, 0.717) is 30.6 Å².